The lowest BCUT2D eigenvalue weighted by Gasteiger charge is -2.32. The Hall–Kier alpha value is -3.10. The zero-order chi connectivity index (χ0) is 22.9. The van der Waals surface area contributed by atoms with Gasteiger partial charge < -0.3 is 31.6 Å². The molecule has 0 aromatic heterocycles. The largest absolute Gasteiger partial charge is 0.493 e. The molecule has 2 aromatic carbocycles. The molecule has 0 unspecified atom stereocenters. The molecule has 6 N–H and O–H groups in total. The molecule has 172 valence electrons. The number of hydrogen-bond donors (Lipinski definition) is 3. The molecule has 2 amide bonds. The second-order valence-corrected chi connectivity index (χ2v) is 7.99. The van der Waals surface area contributed by atoms with Crippen molar-refractivity contribution in [3.05, 3.63) is 53.6 Å². The molecular formula is C24H32N4O4. The summed E-state index contributed by atoms with van der Waals surface area (Å²) >= 11 is 0. The molecule has 0 spiro atoms. The minimum absolute atomic E-state index is 0.0469. The van der Waals surface area contributed by atoms with Gasteiger partial charge in [0.2, 0.25) is 5.91 Å². The van der Waals surface area contributed by atoms with Crippen LogP contribution in [0.2, 0.25) is 0 Å². The number of carbonyl (C=O) groups excluding carboxylic acids is 2. The number of nitrogens with two attached hydrogens (primary N) is 3. The van der Waals surface area contributed by atoms with Gasteiger partial charge in [-0.3, -0.25) is 9.59 Å². The molecule has 0 atom stereocenters. The summed E-state index contributed by atoms with van der Waals surface area (Å²) in [6.45, 7) is 3.08. The van der Waals surface area contributed by atoms with Gasteiger partial charge >= 0.3 is 0 Å². The molecule has 0 saturated carbocycles. The minimum atomic E-state index is -0.505. The number of amides is 2. The van der Waals surface area contributed by atoms with Gasteiger partial charge in [-0.1, -0.05) is 0 Å². The van der Waals surface area contributed by atoms with Crippen LogP contribution in [0, 0.1) is 5.92 Å². The van der Waals surface area contributed by atoms with Crippen molar-refractivity contribution in [3.8, 4) is 17.2 Å². The highest BCUT2D eigenvalue weighted by Gasteiger charge is 2.24. The highest BCUT2D eigenvalue weighted by Crippen LogP contribution is 2.29. The molecule has 1 aliphatic rings. The Balaban J connectivity index is 1.77. The standard InChI is InChI=1S/C24H32N4O4/c25-9-1-13-31-21-14-19(24(30)28-11-7-17(6-10-26)8-12-28)15-22(16-21)32-20-4-2-18(3-5-20)23(27)29/h2-5,14-17H,1,6-13,25-26H2,(H2,27,29). The molecule has 1 saturated heterocycles. The number of carbonyl (C=O) groups is 2. The van der Waals surface area contributed by atoms with E-state index in [0.717, 1.165) is 19.3 Å². The third-order valence-corrected chi connectivity index (χ3v) is 5.60. The third-order valence-electron chi connectivity index (χ3n) is 5.60. The van der Waals surface area contributed by atoms with Crippen molar-refractivity contribution in [3.63, 3.8) is 0 Å². The van der Waals surface area contributed by atoms with Crippen molar-refractivity contribution >= 4 is 11.8 Å². The monoisotopic (exact) mass is 440 g/mol. The summed E-state index contributed by atoms with van der Waals surface area (Å²) in [7, 11) is 0. The molecule has 0 radical (unpaired) electrons. The fraction of sp³-hybridized carbons (Fsp3) is 0.417. The fourth-order valence-corrected chi connectivity index (χ4v) is 3.78. The Kier molecular flexibility index (Phi) is 8.47. The van der Waals surface area contributed by atoms with Crippen LogP contribution in [0.1, 0.15) is 46.4 Å². The second-order valence-electron chi connectivity index (χ2n) is 7.99. The van der Waals surface area contributed by atoms with E-state index in [2.05, 4.69) is 0 Å². The van der Waals surface area contributed by atoms with E-state index >= 15 is 0 Å². The van der Waals surface area contributed by atoms with E-state index < -0.39 is 5.91 Å². The third kappa shape index (κ3) is 6.45. The van der Waals surface area contributed by atoms with Gasteiger partial charge in [-0.25, -0.2) is 0 Å². The van der Waals surface area contributed by atoms with Gasteiger partial charge in [-0.05, 0) is 81.1 Å². The zero-order valence-corrected chi connectivity index (χ0v) is 18.3. The molecule has 0 aliphatic carbocycles. The Morgan fingerprint density at radius 3 is 2.22 bits per heavy atom. The summed E-state index contributed by atoms with van der Waals surface area (Å²) in [5.41, 5.74) is 17.4. The summed E-state index contributed by atoms with van der Waals surface area (Å²) in [6, 6.07) is 11.7. The molecular weight excluding hydrogens is 408 g/mol. The molecule has 0 bridgehead atoms. The van der Waals surface area contributed by atoms with E-state index in [0.29, 0.717) is 73.5 Å². The smallest absolute Gasteiger partial charge is 0.254 e. The van der Waals surface area contributed by atoms with Crippen LogP contribution in [0.25, 0.3) is 0 Å². The number of likely N-dealkylation sites (tertiary alicyclic amines) is 1. The number of rotatable bonds is 10. The SMILES string of the molecule is NCCCOc1cc(Oc2ccc(C(N)=O)cc2)cc(C(=O)N2CCC(CCN)CC2)c1. The lowest BCUT2D eigenvalue weighted by molar-refractivity contribution is 0.0687. The Bertz CT molecular complexity index is 909. The van der Waals surface area contributed by atoms with E-state index in [-0.39, 0.29) is 5.91 Å². The predicted molar refractivity (Wildman–Crippen MR) is 123 cm³/mol. The van der Waals surface area contributed by atoms with Gasteiger partial charge in [0.1, 0.15) is 17.2 Å². The Morgan fingerprint density at radius 2 is 1.59 bits per heavy atom. The van der Waals surface area contributed by atoms with Crippen LogP contribution in [0.15, 0.2) is 42.5 Å². The first-order valence-corrected chi connectivity index (χ1v) is 11.0. The normalized spacial score (nSPS) is 14.2. The first kappa shape index (κ1) is 23.6. The van der Waals surface area contributed by atoms with Crippen LogP contribution < -0.4 is 26.7 Å². The van der Waals surface area contributed by atoms with E-state index in [1.807, 2.05) is 4.90 Å². The maximum absolute atomic E-state index is 13.2. The quantitative estimate of drug-likeness (QED) is 0.486. The van der Waals surface area contributed by atoms with Crippen molar-refractivity contribution in [2.24, 2.45) is 23.1 Å². The van der Waals surface area contributed by atoms with Crippen LogP contribution in [0.5, 0.6) is 17.2 Å². The van der Waals surface area contributed by atoms with E-state index in [9.17, 15) is 9.59 Å². The molecule has 1 fully saturated rings. The molecule has 8 nitrogen and oxygen atoms in total. The summed E-state index contributed by atoms with van der Waals surface area (Å²) in [5, 5.41) is 0. The predicted octanol–water partition coefficient (Wildman–Crippen LogP) is 2.51. The van der Waals surface area contributed by atoms with Gasteiger partial charge in [0.25, 0.3) is 5.91 Å². The van der Waals surface area contributed by atoms with E-state index in [4.69, 9.17) is 26.7 Å². The van der Waals surface area contributed by atoms with Crippen LogP contribution in [-0.2, 0) is 0 Å². The van der Waals surface area contributed by atoms with Crippen molar-refractivity contribution in [2.45, 2.75) is 25.7 Å². The number of benzene rings is 2. The van der Waals surface area contributed by atoms with Crippen LogP contribution in [0.4, 0.5) is 0 Å². The van der Waals surface area contributed by atoms with Crippen LogP contribution >= 0.6 is 0 Å². The lowest BCUT2D eigenvalue weighted by atomic mass is 9.93. The van der Waals surface area contributed by atoms with E-state index in [1.54, 1.807) is 42.5 Å². The first-order valence-electron chi connectivity index (χ1n) is 11.0. The lowest BCUT2D eigenvalue weighted by Crippen LogP contribution is -2.38. The summed E-state index contributed by atoms with van der Waals surface area (Å²) in [4.78, 5) is 26.3. The van der Waals surface area contributed by atoms with Crippen molar-refractivity contribution in [2.75, 3.05) is 32.8 Å². The van der Waals surface area contributed by atoms with Crippen LogP contribution in [0.3, 0.4) is 0 Å². The number of piperidine rings is 1. The Morgan fingerprint density at radius 1 is 0.906 bits per heavy atom. The zero-order valence-electron chi connectivity index (χ0n) is 18.3. The average molecular weight is 441 g/mol. The topological polar surface area (TPSA) is 134 Å². The van der Waals surface area contributed by atoms with Crippen molar-refractivity contribution in [1.82, 2.24) is 4.90 Å². The summed E-state index contributed by atoms with van der Waals surface area (Å²) < 4.78 is 11.7. The Labute approximate surface area is 188 Å². The first-order chi connectivity index (χ1) is 15.5. The number of ether oxygens (including phenoxy) is 2. The summed E-state index contributed by atoms with van der Waals surface area (Å²) in [6.07, 6.45) is 3.63. The van der Waals surface area contributed by atoms with Crippen LogP contribution in [-0.4, -0.2) is 49.5 Å². The van der Waals surface area contributed by atoms with Gasteiger partial charge in [0.05, 0.1) is 6.61 Å². The molecule has 3 rings (SSSR count). The maximum atomic E-state index is 13.2. The number of nitrogens with zero attached hydrogens (tertiary/aromatic N) is 1. The second kappa shape index (κ2) is 11.5. The molecule has 2 aromatic rings. The van der Waals surface area contributed by atoms with Crippen molar-refractivity contribution in [1.29, 1.82) is 0 Å². The maximum Gasteiger partial charge on any atom is 0.254 e. The van der Waals surface area contributed by atoms with Gasteiger partial charge in [0, 0.05) is 30.3 Å². The summed E-state index contributed by atoms with van der Waals surface area (Å²) in [5.74, 6) is 1.58. The fourth-order valence-electron chi connectivity index (χ4n) is 3.78. The number of primary amides is 1. The van der Waals surface area contributed by atoms with E-state index in [1.165, 1.54) is 0 Å². The van der Waals surface area contributed by atoms with Gasteiger partial charge in [-0.15, -0.1) is 0 Å². The highest BCUT2D eigenvalue weighted by atomic mass is 16.5. The minimum Gasteiger partial charge on any atom is -0.493 e. The molecule has 1 aliphatic heterocycles. The molecule has 32 heavy (non-hydrogen) atoms. The van der Waals surface area contributed by atoms with Gasteiger partial charge in [0.15, 0.2) is 0 Å². The molecule has 1 heterocycles. The van der Waals surface area contributed by atoms with Crippen molar-refractivity contribution < 1.29 is 19.1 Å². The van der Waals surface area contributed by atoms with Gasteiger partial charge in [-0.2, -0.15) is 0 Å². The number of hydrogen-bond acceptors (Lipinski definition) is 6. The molecule has 8 heteroatoms. The average Bonchev–Trinajstić information content (AvgIpc) is 2.80. The highest BCUT2D eigenvalue weighted by molar-refractivity contribution is 5.95.